The molecule has 3 heterocycles. The number of methoxy groups -OCH3 is 1. The monoisotopic (exact) mass is 330 g/mol. The molecule has 2 aliphatic rings. The number of amides is 1. The van der Waals surface area contributed by atoms with E-state index in [0.717, 1.165) is 11.5 Å². The van der Waals surface area contributed by atoms with Crippen LogP contribution in [0.15, 0.2) is 28.7 Å². The van der Waals surface area contributed by atoms with Gasteiger partial charge in [0.25, 0.3) is 5.91 Å². The number of rotatable bonds is 3. The Morgan fingerprint density at radius 1 is 1.38 bits per heavy atom. The van der Waals surface area contributed by atoms with E-state index in [4.69, 9.17) is 18.6 Å². The van der Waals surface area contributed by atoms with E-state index in [0.29, 0.717) is 43.5 Å². The summed E-state index contributed by atoms with van der Waals surface area (Å²) in [7, 11) is 1.59. The van der Waals surface area contributed by atoms with Crippen LogP contribution in [0.2, 0.25) is 0 Å². The highest BCUT2D eigenvalue weighted by Crippen LogP contribution is 2.31. The van der Waals surface area contributed by atoms with Gasteiger partial charge in [-0.05, 0) is 12.1 Å². The van der Waals surface area contributed by atoms with E-state index >= 15 is 0 Å². The van der Waals surface area contributed by atoms with Crippen LogP contribution in [-0.4, -0.2) is 42.2 Å². The highest BCUT2D eigenvalue weighted by molar-refractivity contribution is 5.82. The molecule has 0 fully saturated rings. The van der Waals surface area contributed by atoms with Crippen molar-refractivity contribution in [3.8, 4) is 11.5 Å². The number of aromatic nitrogens is 1. The highest BCUT2D eigenvalue weighted by atomic mass is 16.6. The number of oxazole rings is 1. The first kappa shape index (κ1) is 15.0. The van der Waals surface area contributed by atoms with Crippen molar-refractivity contribution >= 4 is 5.91 Å². The van der Waals surface area contributed by atoms with Crippen LogP contribution in [0.1, 0.15) is 17.3 Å². The number of carbonyl (C=O) groups is 1. The summed E-state index contributed by atoms with van der Waals surface area (Å²) in [6.07, 6.45) is 0.00823. The molecule has 0 saturated carbocycles. The molecular weight excluding hydrogens is 312 g/mol. The molecule has 1 aromatic heterocycles. The molecular formula is C17H18N2O5. The summed E-state index contributed by atoms with van der Waals surface area (Å²) in [6, 6.07) is 7.36. The Morgan fingerprint density at radius 3 is 3.04 bits per heavy atom. The van der Waals surface area contributed by atoms with Crippen LogP contribution in [0.25, 0.3) is 0 Å². The number of fused-ring (bicyclic) bond motifs is 2. The summed E-state index contributed by atoms with van der Waals surface area (Å²) in [5.41, 5.74) is 0.791. The van der Waals surface area contributed by atoms with Crippen LogP contribution in [0, 0.1) is 0 Å². The maximum absolute atomic E-state index is 12.7. The van der Waals surface area contributed by atoms with Crippen molar-refractivity contribution < 1.29 is 23.4 Å². The maximum Gasteiger partial charge on any atom is 0.267 e. The summed E-state index contributed by atoms with van der Waals surface area (Å²) in [4.78, 5) is 18.9. The van der Waals surface area contributed by atoms with Crippen molar-refractivity contribution in [2.24, 2.45) is 0 Å². The Balaban J connectivity index is 1.46. The Labute approximate surface area is 139 Å². The summed E-state index contributed by atoms with van der Waals surface area (Å²) in [5, 5.41) is 0. The van der Waals surface area contributed by atoms with E-state index in [-0.39, 0.29) is 12.5 Å². The second kappa shape index (κ2) is 6.16. The molecule has 7 nitrogen and oxygen atoms in total. The lowest BCUT2D eigenvalue weighted by atomic mass is 10.1. The molecule has 2 aliphatic heterocycles. The van der Waals surface area contributed by atoms with Crippen molar-refractivity contribution in [1.82, 2.24) is 9.88 Å². The first-order valence-electron chi connectivity index (χ1n) is 7.88. The lowest BCUT2D eigenvalue weighted by Gasteiger charge is -2.31. The number of hydrogen-bond donors (Lipinski definition) is 0. The van der Waals surface area contributed by atoms with Gasteiger partial charge in [-0.1, -0.05) is 12.1 Å². The molecule has 2 aromatic rings. The molecule has 24 heavy (non-hydrogen) atoms. The second-order valence-electron chi connectivity index (χ2n) is 5.78. The van der Waals surface area contributed by atoms with Gasteiger partial charge in [-0.2, -0.15) is 0 Å². The van der Waals surface area contributed by atoms with Crippen LogP contribution in [0.4, 0.5) is 0 Å². The van der Waals surface area contributed by atoms with Gasteiger partial charge in [0, 0.05) is 20.1 Å². The van der Waals surface area contributed by atoms with Crippen LogP contribution in [0.3, 0.4) is 0 Å². The molecule has 7 heteroatoms. The first-order valence-corrected chi connectivity index (χ1v) is 7.88. The SMILES string of the molecule is COCc1nc2c(o1)CCN(C(=O)C1COc3ccccc3O1)C2. The van der Waals surface area contributed by atoms with Gasteiger partial charge >= 0.3 is 0 Å². The summed E-state index contributed by atoms with van der Waals surface area (Å²) < 4.78 is 22.1. The molecule has 126 valence electrons. The summed E-state index contributed by atoms with van der Waals surface area (Å²) in [5.74, 6) is 2.55. The van der Waals surface area contributed by atoms with Crippen LogP contribution < -0.4 is 9.47 Å². The molecule has 0 radical (unpaired) electrons. The van der Waals surface area contributed by atoms with Crippen molar-refractivity contribution in [1.29, 1.82) is 0 Å². The van der Waals surface area contributed by atoms with Crippen molar-refractivity contribution in [3.05, 3.63) is 41.6 Å². The van der Waals surface area contributed by atoms with Gasteiger partial charge in [-0.15, -0.1) is 0 Å². The molecule has 0 saturated heterocycles. The minimum Gasteiger partial charge on any atom is -0.485 e. The normalized spacial score (nSPS) is 19.0. The minimum atomic E-state index is -0.633. The molecule has 0 spiro atoms. The highest BCUT2D eigenvalue weighted by Gasteiger charge is 2.34. The molecule has 0 N–H and O–H groups in total. The van der Waals surface area contributed by atoms with Crippen LogP contribution in [0.5, 0.6) is 11.5 Å². The average Bonchev–Trinajstić information content (AvgIpc) is 3.02. The topological polar surface area (TPSA) is 74.0 Å². The molecule has 0 aliphatic carbocycles. The smallest absolute Gasteiger partial charge is 0.267 e. The molecule has 1 aromatic carbocycles. The summed E-state index contributed by atoms with van der Waals surface area (Å²) >= 11 is 0. The number of carbonyl (C=O) groups excluding carboxylic acids is 1. The van der Waals surface area contributed by atoms with Gasteiger partial charge in [0.15, 0.2) is 11.5 Å². The predicted molar refractivity (Wildman–Crippen MR) is 82.7 cm³/mol. The van der Waals surface area contributed by atoms with Crippen LogP contribution in [-0.2, 0) is 29.1 Å². The number of ether oxygens (including phenoxy) is 3. The molecule has 1 unspecified atom stereocenters. The van der Waals surface area contributed by atoms with Crippen molar-refractivity contribution in [3.63, 3.8) is 0 Å². The Bertz CT molecular complexity index is 757. The van der Waals surface area contributed by atoms with Gasteiger partial charge in [0.2, 0.25) is 12.0 Å². The zero-order valence-corrected chi connectivity index (χ0v) is 13.4. The number of nitrogens with zero attached hydrogens (tertiary/aromatic N) is 2. The fourth-order valence-electron chi connectivity index (χ4n) is 2.97. The van der Waals surface area contributed by atoms with E-state index in [1.165, 1.54) is 0 Å². The Kier molecular flexibility index (Phi) is 3.86. The predicted octanol–water partition coefficient (Wildman–Crippen LogP) is 1.55. The third-order valence-electron chi connectivity index (χ3n) is 4.14. The lowest BCUT2D eigenvalue weighted by Crippen LogP contribution is -2.47. The molecule has 1 atom stereocenters. The maximum atomic E-state index is 12.7. The van der Waals surface area contributed by atoms with Gasteiger partial charge in [-0.25, -0.2) is 4.98 Å². The molecule has 4 rings (SSSR count). The average molecular weight is 330 g/mol. The van der Waals surface area contributed by atoms with Gasteiger partial charge < -0.3 is 23.5 Å². The quantitative estimate of drug-likeness (QED) is 0.850. The van der Waals surface area contributed by atoms with E-state index in [9.17, 15) is 4.79 Å². The van der Waals surface area contributed by atoms with Crippen LogP contribution >= 0.6 is 0 Å². The molecule has 0 bridgehead atoms. The lowest BCUT2D eigenvalue weighted by molar-refractivity contribution is -0.142. The van der Waals surface area contributed by atoms with E-state index in [1.807, 2.05) is 18.2 Å². The van der Waals surface area contributed by atoms with E-state index < -0.39 is 6.10 Å². The largest absolute Gasteiger partial charge is 0.485 e. The number of hydrogen-bond acceptors (Lipinski definition) is 6. The van der Waals surface area contributed by atoms with Crippen molar-refractivity contribution in [2.45, 2.75) is 25.7 Å². The van der Waals surface area contributed by atoms with Crippen molar-refractivity contribution in [2.75, 3.05) is 20.3 Å². The zero-order chi connectivity index (χ0) is 16.5. The van der Waals surface area contributed by atoms with Gasteiger partial charge in [0.05, 0.1) is 6.54 Å². The fraction of sp³-hybridized carbons (Fsp3) is 0.412. The van der Waals surface area contributed by atoms with E-state index in [1.54, 1.807) is 18.1 Å². The third kappa shape index (κ3) is 2.71. The standard InChI is InChI=1S/C17H18N2O5/c1-21-10-16-18-11-8-19(7-6-12(11)24-16)17(20)15-9-22-13-4-2-3-5-14(13)23-15/h2-5,15H,6-10H2,1H3. The third-order valence-corrected chi connectivity index (χ3v) is 4.14. The zero-order valence-electron chi connectivity index (χ0n) is 13.4. The fourth-order valence-corrected chi connectivity index (χ4v) is 2.97. The van der Waals surface area contributed by atoms with E-state index in [2.05, 4.69) is 4.98 Å². The first-order chi connectivity index (χ1) is 11.7. The Morgan fingerprint density at radius 2 is 2.21 bits per heavy atom. The number of benzene rings is 1. The summed E-state index contributed by atoms with van der Waals surface area (Å²) in [6.45, 7) is 1.54. The number of para-hydroxylation sites is 2. The van der Waals surface area contributed by atoms with Gasteiger partial charge in [0.1, 0.15) is 24.7 Å². The minimum absolute atomic E-state index is 0.0913. The van der Waals surface area contributed by atoms with Gasteiger partial charge in [-0.3, -0.25) is 4.79 Å². The second-order valence-corrected chi connectivity index (χ2v) is 5.78. The molecule has 1 amide bonds. The Hall–Kier alpha value is -2.54.